The molecular weight excluding hydrogens is 661 g/mol. The van der Waals surface area contributed by atoms with E-state index >= 15 is 0 Å². The van der Waals surface area contributed by atoms with Gasteiger partial charge in [-0.15, -0.1) is 5.10 Å². The number of nitrogens with zero attached hydrogens (tertiary/aromatic N) is 6. The maximum atomic E-state index is 13.4. The third-order valence-corrected chi connectivity index (χ3v) is 9.55. The Bertz CT molecular complexity index is 1820. The normalized spacial score (nSPS) is 19.4. The molecule has 0 aliphatic carbocycles. The van der Waals surface area contributed by atoms with E-state index in [4.69, 9.17) is 9.57 Å². The fourth-order valence-corrected chi connectivity index (χ4v) is 7.32. The van der Waals surface area contributed by atoms with E-state index in [1.54, 1.807) is 0 Å². The van der Waals surface area contributed by atoms with Crippen LogP contribution in [0.25, 0.3) is 0 Å². The SMILES string of the molecule is CC(=O)N1C[C@H]2OC(CSc3nnnn3CC(=O)NOC(c3ccccc3)(c3ccccc3)c3ccccc3)=C(C(=O)O)N3C(=O)[C@@H]1[C@@H]23.[NaH]. The van der Waals surface area contributed by atoms with E-state index in [9.17, 15) is 24.3 Å². The molecule has 0 saturated carbocycles. The molecule has 3 atom stereocenters. The summed E-state index contributed by atoms with van der Waals surface area (Å²) >= 11 is 1.04. The van der Waals surface area contributed by atoms with Crippen LogP contribution in [0.3, 0.4) is 0 Å². The van der Waals surface area contributed by atoms with Crippen LogP contribution in [-0.2, 0) is 40.9 Å². The second-order valence-electron chi connectivity index (χ2n) is 11.4. The molecule has 49 heavy (non-hydrogen) atoms. The first-order chi connectivity index (χ1) is 23.3. The van der Waals surface area contributed by atoms with E-state index in [-0.39, 0.29) is 70.9 Å². The summed E-state index contributed by atoms with van der Waals surface area (Å²) in [6, 6.07) is 27.4. The minimum atomic E-state index is -1.33. The average molecular weight is 692 g/mol. The van der Waals surface area contributed by atoms with Crippen molar-refractivity contribution in [2.75, 3.05) is 12.3 Å². The maximum absolute atomic E-state index is 13.4. The summed E-state index contributed by atoms with van der Waals surface area (Å²) < 4.78 is 7.30. The van der Waals surface area contributed by atoms with Crippen LogP contribution < -0.4 is 5.48 Å². The van der Waals surface area contributed by atoms with Crippen LogP contribution in [0.15, 0.2) is 108 Å². The predicted molar refractivity (Wildman–Crippen MR) is 175 cm³/mol. The zero-order valence-corrected chi connectivity index (χ0v) is 26.3. The van der Waals surface area contributed by atoms with Gasteiger partial charge in [-0.25, -0.2) is 15.0 Å². The van der Waals surface area contributed by atoms with Crippen molar-refractivity contribution < 1.29 is 33.9 Å². The molecule has 2 fully saturated rings. The van der Waals surface area contributed by atoms with E-state index in [0.29, 0.717) is 0 Å². The number of hydrogen-bond acceptors (Lipinski definition) is 10. The van der Waals surface area contributed by atoms with Gasteiger partial charge in [0.05, 0.1) is 12.3 Å². The van der Waals surface area contributed by atoms with Gasteiger partial charge in [-0.05, 0) is 27.1 Å². The Kier molecular flexibility index (Phi) is 9.90. The summed E-state index contributed by atoms with van der Waals surface area (Å²) in [6.45, 7) is 1.21. The number of benzene rings is 3. The number of aromatic nitrogens is 4. The molecule has 0 bridgehead atoms. The van der Waals surface area contributed by atoms with Gasteiger partial charge < -0.3 is 14.7 Å². The van der Waals surface area contributed by atoms with Gasteiger partial charge in [0, 0.05) is 6.92 Å². The molecule has 3 amide bonds. The number of likely N-dealkylation sites (tertiary alicyclic amines) is 1. The van der Waals surface area contributed by atoms with Crippen LogP contribution in [0.1, 0.15) is 23.6 Å². The standard InChI is InChI=1S/C33H29N7O7S.Na.H/c1-20(41)38-17-24-27-29(38)30(43)40(27)28(31(44)45)25(46-24)19-48-32-34-36-37-39(32)18-26(42)35-47-33(21-11-5-2-6-12-21,22-13-7-3-8-14-22)23-15-9-4-10-16-23;;/h2-16,24,27,29H,17-19H2,1H3,(H,35,42)(H,44,45);;/t24-,27-,29+;;/m1../s1. The van der Waals surface area contributed by atoms with Crippen LogP contribution in [0.4, 0.5) is 0 Å². The van der Waals surface area contributed by atoms with Gasteiger partial charge >= 0.3 is 35.5 Å². The van der Waals surface area contributed by atoms with Crippen molar-refractivity contribution in [3.63, 3.8) is 0 Å². The Morgan fingerprint density at radius 3 is 2.08 bits per heavy atom. The van der Waals surface area contributed by atoms with Crippen molar-refractivity contribution in [3.8, 4) is 0 Å². The number of carboxylic acid groups (broad SMARTS) is 1. The van der Waals surface area contributed by atoms with E-state index in [2.05, 4.69) is 21.0 Å². The predicted octanol–water partition coefficient (Wildman–Crippen LogP) is 1.29. The second-order valence-corrected chi connectivity index (χ2v) is 12.3. The van der Waals surface area contributed by atoms with Crippen LogP contribution in [0.5, 0.6) is 0 Å². The zero-order valence-electron chi connectivity index (χ0n) is 25.5. The van der Waals surface area contributed by atoms with Gasteiger partial charge in [0.2, 0.25) is 11.1 Å². The molecule has 246 valence electrons. The quantitative estimate of drug-likeness (QED) is 0.0765. The molecule has 3 aliphatic rings. The number of nitrogens with one attached hydrogen (secondary N) is 1. The number of aliphatic carboxylic acids is 1. The molecule has 14 nitrogen and oxygen atoms in total. The van der Waals surface area contributed by atoms with Crippen molar-refractivity contribution in [2.45, 2.75) is 42.4 Å². The molecule has 3 aliphatic heterocycles. The third kappa shape index (κ3) is 6.12. The van der Waals surface area contributed by atoms with Crippen molar-refractivity contribution in [3.05, 3.63) is 119 Å². The molecule has 4 heterocycles. The van der Waals surface area contributed by atoms with Gasteiger partial charge in [0.1, 0.15) is 30.5 Å². The van der Waals surface area contributed by atoms with Gasteiger partial charge in [-0.1, -0.05) is 103 Å². The van der Waals surface area contributed by atoms with Crippen molar-refractivity contribution in [1.29, 1.82) is 0 Å². The minimum absolute atomic E-state index is 0. The number of carbonyl (C=O) groups is 4. The molecule has 2 saturated heterocycles. The molecule has 2 N–H and O–H groups in total. The zero-order chi connectivity index (χ0) is 33.4. The topological polar surface area (TPSA) is 169 Å². The summed E-state index contributed by atoms with van der Waals surface area (Å²) in [7, 11) is 0. The van der Waals surface area contributed by atoms with Crippen molar-refractivity contribution in [1.82, 2.24) is 35.5 Å². The summed E-state index contributed by atoms with van der Waals surface area (Å²) in [5.74, 6) is -2.62. The number of amides is 3. The fraction of sp³-hybridized carbons (Fsp3) is 0.242. The number of thioether (sulfide) groups is 1. The number of hydroxylamine groups is 1. The number of rotatable bonds is 11. The van der Waals surface area contributed by atoms with E-state index < -0.39 is 41.6 Å². The van der Waals surface area contributed by atoms with Gasteiger partial charge in [-0.2, -0.15) is 0 Å². The molecule has 7 rings (SSSR count). The van der Waals surface area contributed by atoms with Crippen LogP contribution in [0.2, 0.25) is 0 Å². The Morgan fingerprint density at radius 1 is 0.980 bits per heavy atom. The number of carbonyl (C=O) groups excluding carboxylic acids is 3. The molecule has 1 aromatic heterocycles. The monoisotopic (exact) mass is 691 g/mol. The summed E-state index contributed by atoms with van der Waals surface area (Å²) in [6.07, 6.45) is -0.562. The Hall–Kier alpha value is -4.54. The first-order valence-corrected chi connectivity index (χ1v) is 16.0. The van der Waals surface area contributed by atoms with Crippen LogP contribution >= 0.6 is 11.8 Å². The summed E-state index contributed by atoms with van der Waals surface area (Å²) in [5, 5.41) is 21.8. The molecule has 0 radical (unpaired) electrons. The summed E-state index contributed by atoms with van der Waals surface area (Å²) in [4.78, 5) is 59.6. The van der Waals surface area contributed by atoms with Crippen molar-refractivity contribution in [2.24, 2.45) is 0 Å². The van der Waals surface area contributed by atoms with Crippen molar-refractivity contribution >= 4 is 65.0 Å². The van der Waals surface area contributed by atoms with Crippen LogP contribution in [-0.4, -0.2) is 119 Å². The van der Waals surface area contributed by atoms with Gasteiger partial charge in [0.25, 0.3) is 11.8 Å². The summed E-state index contributed by atoms with van der Waals surface area (Å²) in [5.41, 5.74) is 3.51. The molecule has 16 heteroatoms. The molecule has 0 spiro atoms. The van der Waals surface area contributed by atoms with E-state index in [1.165, 1.54) is 21.4 Å². The van der Waals surface area contributed by atoms with Gasteiger partial charge in [0.15, 0.2) is 11.3 Å². The first kappa shape index (κ1) is 34.3. The Labute approximate surface area is 306 Å². The first-order valence-electron chi connectivity index (χ1n) is 15.1. The molecule has 4 aromatic rings. The average Bonchev–Trinajstić information content (AvgIpc) is 3.71. The molecule has 0 unspecified atom stereocenters. The van der Waals surface area contributed by atoms with E-state index in [1.807, 2.05) is 91.0 Å². The number of tetrazole rings is 1. The molecule has 3 aromatic carbocycles. The number of carboxylic acids is 1. The van der Waals surface area contributed by atoms with Gasteiger partial charge in [-0.3, -0.25) is 24.1 Å². The molecular formula is C33H30N7NaO7S. The Morgan fingerprint density at radius 2 is 1.55 bits per heavy atom. The number of β-lactam (4-membered cyclic amide) rings is 1. The number of hydrogen-bond donors (Lipinski definition) is 2. The van der Waals surface area contributed by atoms with Crippen LogP contribution in [0, 0.1) is 0 Å². The second kappa shape index (κ2) is 14.1. The van der Waals surface area contributed by atoms with E-state index in [0.717, 1.165) is 28.5 Å². The fourth-order valence-electron chi connectivity index (χ4n) is 6.51. The third-order valence-electron chi connectivity index (χ3n) is 8.59. The number of ether oxygens (including phenoxy) is 1. The Balaban J connectivity index is 0.00000417.